The van der Waals surface area contributed by atoms with Crippen molar-refractivity contribution in [2.24, 2.45) is 0 Å². The second-order valence-corrected chi connectivity index (χ2v) is 24.4. The Hall–Kier alpha value is -10.8. The number of nitrogens with zero attached hydrogens (tertiary/aromatic N) is 2. The highest BCUT2D eigenvalue weighted by atomic mass is 16.3. The zero-order valence-corrected chi connectivity index (χ0v) is 48.3. The van der Waals surface area contributed by atoms with Crippen LogP contribution in [0.25, 0.3) is 132 Å². The molecule has 0 amide bonds. The molecule has 88 heavy (non-hydrogen) atoms. The quantitative estimate of drug-likeness (QED) is 0.151. The molecule has 13 aromatic carbocycles. The molecule has 0 radical (unpaired) electrons. The van der Waals surface area contributed by atoms with Crippen LogP contribution in [-0.4, -0.2) is 0 Å². The molecule has 0 fully saturated rings. The maximum Gasteiger partial charge on any atom is 0.159 e. The Morgan fingerprint density at radius 1 is 0.239 bits per heavy atom. The van der Waals surface area contributed by atoms with Crippen molar-refractivity contribution in [3.63, 3.8) is 0 Å². The molecular weight excluding hydrogens is 1080 g/mol. The van der Waals surface area contributed by atoms with Gasteiger partial charge in [0.25, 0.3) is 0 Å². The van der Waals surface area contributed by atoms with Crippen molar-refractivity contribution in [2.75, 3.05) is 9.80 Å². The third kappa shape index (κ3) is 7.74. The number of hydrogen-bond donors (Lipinski definition) is 0. The molecular formula is C82H56N2O4. The van der Waals surface area contributed by atoms with E-state index in [9.17, 15) is 0 Å². The van der Waals surface area contributed by atoms with E-state index in [2.05, 4.69) is 252 Å². The smallest absolute Gasteiger partial charge is 0.159 e. The molecule has 2 aliphatic rings. The van der Waals surface area contributed by atoms with Crippen LogP contribution in [0.1, 0.15) is 47.9 Å². The van der Waals surface area contributed by atoms with E-state index in [0.29, 0.717) is 0 Å². The molecule has 0 saturated carbocycles. The zero-order valence-electron chi connectivity index (χ0n) is 48.3. The molecule has 4 aromatic heterocycles. The molecule has 0 N–H and O–H groups in total. The van der Waals surface area contributed by atoms with Gasteiger partial charge in [0.15, 0.2) is 11.2 Å². The lowest BCUT2D eigenvalue weighted by Crippen LogP contribution is -2.14. The van der Waals surface area contributed by atoms with E-state index in [-0.39, 0.29) is 0 Å². The minimum absolute atomic E-state index is 0.790. The van der Waals surface area contributed by atoms with Crippen LogP contribution in [0, 0.1) is 0 Å². The Morgan fingerprint density at radius 3 is 1.10 bits per heavy atom. The van der Waals surface area contributed by atoms with Gasteiger partial charge in [-0.25, -0.2) is 0 Å². The summed E-state index contributed by atoms with van der Waals surface area (Å²) in [7, 11) is 0. The van der Waals surface area contributed by atoms with Crippen molar-refractivity contribution in [2.45, 2.75) is 51.4 Å². The molecule has 17 aromatic rings. The topological polar surface area (TPSA) is 59.0 Å². The van der Waals surface area contributed by atoms with E-state index >= 15 is 0 Å². The maximum absolute atomic E-state index is 6.89. The molecule has 418 valence electrons. The summed E-state index contributed by atoms with van der Waals surface area (Å²) in [4.78, 5) is 4.87. The number of para-hydroxylation sites is 4. The molecule has 4 heterocycles. The lowest BCUT2D eigenvalue weighted by atomic mass is 9.87. The van der Waals surface area contributed by atoms with E-state index < -0.39 is 0 Å². The average Bonchev–Trinajstić information content (AvgIpc) is 1.94. The summed E-state index contributed by atoms with van der Waals surface area (Å²) in [5, 5.41) is 13.1. The van der Waals surface area contributed by atoms with E-state index in [1.165, 1.54) is 70.2 Å². The summed E-state index contributed by atoms with van der Waals surface area (Å²) in [6.07, 6.45) is 9.11. The number of benzene rings is 13. The number of aryl methyl sites for hydroxylation is 4. The summed E-state index contributed by atoms with van der Waals surface area (Å²) in [5.74, 6) is 0. The van der Waals surface area contributed by atoms with Gasteiger partial charge in [0.1, 0.15) is 33.5 Å². The monoisotopic (exact) mass is 1130 g/mol. The van der Waals surface area contributed by atoms with E-state index in [1.54, 1.807) is 0 Å². The van der Waals surface area contributed by atoms with E-state index in [1.807, 2.05) is 0 Å². The fraction of sp³-hybridized carbons (Fsp3) is 0.0976. The van der Waals surface area contributed by atoms with E-state index in [0.717, 1.165) is 169 Å². The summed E-state index contributed by atoms with van der Waals surface area (Å²) in [5.41, 5.74) is 23.6. The lowest BCUT2D eigenvalue weighted by molar-refractivity contribution is 0.656. The first-order valence-corrected chi connectivity index (χ1v) is 31.1. The Morgan fingerprint density at radius 2 is 0.636 bits per heavy atom. The van der Waals surface area contributed by atoms with Crippen LogP contribution in [0.2, 0.25) is 0 Å². The van der Waals surface area contributed by atoms with Crippen LogP contribution >= 0.6 is 0 Å². The SMILES string of the molecule is c1ccc(-c2cc3c(cc2N(c2ccc4cc5c(cc4c2)oc2cc4oc6cc7cc(N(c8cc9c(cc8-c8ccccc8)CCCC9)c8cccc9c8oc8ccccc89)ccc7cc6c4cc25)c2cccc4c2oc2ccccc24)CCCC3)cc1. The number of fused-ring (bicyclic) bond motifs is 16. The molecule has 0 bridgehead atoms. The number of rotatable bonds is 8. The minimum atomic E-state index is 0.790. The Balaban J connectivity index is 0.747. The summed E-state index contributed by atoms with van der Waals surface area (Å²) in [6, 6.07) is 88.6. The number of hydrogen-bond acceptors (Lipinski definition) is 6. The van der Waals surface area contributed by atoms with Gasteiger partial charge in [0.2, 0.25) is 0 Å². The molecule has 19 rings (SSSR count). The third-order valence-electron chi connectivity index (χ3n) is 19.3. The second kappa shape index (κ2) is 19.3. The van der Waals surface area contributed by atoms with Crippen LogP contribution < -0.4 is 9.80 Å². The standard InChI is InChI=1S/C82H56N2O4/c1-3-17-49(18-4-1)65-39-51-21-7-9-23-53(51)43-73(65)83(71-29-15-27-63-61-25-11-13-31-75(61)87-81(63)71)59-35-33-55-41-67-69-47-70-68-42-56-34-36-60(38-58(56)46-78(68)86-80(70)48-79(69)85-77(67)45-57(55)37-59)84(72-30-16-28-64-62-26-12-14-32-76(62)88-82(64)72)74-44-54-24-10-8-22-52(54)40-66(74)50-19-5-2-6-20-50/h1-6,11-20,25-48H,7-10,21-24H2. The second-order valence-electron chi connectivity index (χ2n) is 24.4. The zero-order chi connectivity index (χ0) is 57.6. The van der Waals surface area contributed by atoms with Gasteiger partial charge in [-0.3, -0.25) is 0 Å². The molecule has 0 unspecified atom stereocenters. The Bertz CT molecular complexity index is 5380. The van der Waals surface area contributed by atoms with Gasteiger partial charge >= 0.3 is 0 Å². The van der Waals surface area contributed by atoms with Crippen LogP contribution in [0.15, 0.2) is 260 Å². The fourth-order valence-electron chi connectivity index (χ4n) is 15.0. The maximum atomic E-state index is 6.89. The first-order valence-electron chi connectivity index (χ1n) is 31.1. The highest BCUT2D eigenvalue weighted by molar-refractivity contribution is 6.19. The molecule has 0 aliphatic heterocycles. The number of anilines is 6. The van der Waals surface area contributed by atoms with Crippen molar-refractivity contribution in [3.8, 4) is 22.3 Å². The van der Waals surface area contributed by atoms with Gasteiger partial charge in [0, 0.05) is 71.7 Å². The van der Waals surface area contributed by atoms with Crippen molar-refractivity contribution in [3.05, 3.63) is 265 Å². The van der Waals surface area contributed by atoms with Gasteiger partial charge in [-0.05, 0) is 209 Å². The van der Waals surface area contributed by atoms with Gasteiger partial charge in [0.05, 0.1) is 22.7 Å². The summed E-state index contributed by atoms with van der Waals surface area (Å²) in [6.45, 7) is 0. The average molecular weight is 1130 g/mol. The molecule has 6 nitrogen and oxygen atoms in total. The summed E-state index contributed by atoms with van der Waals surface area (Å²) >= 11 is 0. The fourth-order valence-corrected chi connectivity index (χ4v) is 15.0. The molecule has 2 aliphatic carbocycles. The normalized spacial score (nSPS) is 13.5. The highest BCUT2D eigenvalue weighted by Gasteiger charge is 2.28. The Labute approximate surface area is 506 Å². The van der Waals surface area contributed by atoms with Crippen molar-refractivity contribution in [1.82, 2.24) is 0 Å². The lowest BCUT2D eigenvalue weighted by Gasteiger charge is -2.30. The largest absolute Gasteiger partial charge is 0.456 e. The van der Waals surface area contributed by atoms with Crippen LogP contribution in [0.5, 0.6) is 0 Å². The van der Waals surface area contributed by atoms with Gasteiger partial charge in [-0.2, -0.15) is 0 Å². The first-order chi connectivity index (χ1) is 43.6. The molecule has 0 atom stereocenters. The Kier molecular flexibility index (Phi) is 10.9. The first kappa shape index (κ1) is 49.4. The highest BCUT2D eigenvalue weighted by Crippen LogP contribution is 2.51. The van der Waals surface area contributed by atoms with Crippen LogP contribution in [-0.2, 0) is 25.7 Å². The molecule has 0 saturated heterocycles. The van der Waals surface area contributed by atoms with Gasteiger partial charge in [-0.1, -0.05) is 133 Å². The number of furan rings is 4. The predicted octanol–water partition coefficient (Wildman–Crippen LogP) is 23.6. The van der Waals surface area contributed by atoms with Crippen molar-refractivity contribution >= 4 is 143 Å². The molecule has 6 heteroatoms. The third-order valence-corrected chi connectivity index (χ3v) is 19.3. The van der Waals surface area contributed by atoms with E-state index in [4.69, 9.17) is 17.7 Å². The van der Waals surface area contributed by atoms with Crippen molar-refractivity contribution < 1.29 is 17.7 Å². The molecule has 0 spiro atoms. The van der Waals surface area contributed by atoms with Crippen LogP contribution in [0.3, 0.4) is 0 Å². The summed E-state index contributed by atoms with van der Waals surface area (Å²) < 4.78 is 27.5. The van der Waals surface area contributed by atoms with Crippen LogP contribution in [0.4, 0.5) is 34.1 Å². The van der Waals surface area contributed by atoms with Crippen molar-refractivity contribution in [1.29, 1.82) is 0 Å². The predicted molar refractivity (Wildman–Crippen MR) is 364 cm³/mol. The van der Waals surface area contributed by atoms with Gasteiger partial charge in [-0.15, -0.1) is 0 Å². The minimum Gasteiger partial charge on any atom is -0.456 e. The van der Waals surface area contributed by atoms with Gasteiger partial charge < -0.3 is 27.5 Å².